The topological polar surface area (TPSA) is 176 Å². The number of ether oxygens (including phenoxy) is 6. The van der Waals surface area contributed by atoms with Crippen LogP contribution in [0.4, 0.5) is 0 Å². The molecule has 0 amide bonds. The maximum Gasteiger partial charge on any atom is 3.00 e. The fourth-order valence-electron chi connectivity index (χ4n) is 4.74. The van der Waals surface area contributed by atoms with Crippen molar-refractivity contribution in [1.29, 1.82) is 0 Å². The first kappa shape index (κ1) is 54.5. The fraction of sp³-hybridized carbons (Fsp3) is 0.917. The van der Waals surface area contributed by atoms with Crippen LogP contribution in [0.25, 0.3) is 0 Å². The van der Waals surface area contributed by atoms with Crippen LogP contribution < -0.4 is 15.3 Å². The van der Waals surface area contributed by atoms with Crippen LogP contribution in [0.3, 0.4) is 0 Å². The van der Waals surface area contributed by atoms with Gasteiger partial charge < -0.3 is 58.1 Å². The SMILES string of the molecule is CCCOC(C)C(C(=O)[O-])C(C)OCCC.CCCOC(C)C(C(=O)[O-])C(C)OCCC.CCCOC(C)C(C(=O)[O-])C(C)OCCC.[Al+3]. The molecule has 0 fully saturated rings. The summed E-state index contributed by atoms with van der Waals surface area (Å²) in [6, 6.07) is 0. The minimum absolute atomic E-state index is 0. The molecule has 0 bridgehead atoms. The van der Waals surface area contributed by atoms with Gasteiger partial charge in [-0.15, -0.1) is 0 Å². The Labute approximate surface area is 308 Å². The maximum atomic E-state index is 11.0. The molecule has 0 N–H and O–H groups in total. The van der Waals surface area contributed by atoms with Gasteiger partial charge in [-0.05, 0) is 80.1 Å². The number of aliphatic carboxylic acids is 3. The van der Waals surface area contributed by atoms with Crippen molar-refractivity contribution in [1.82, 2.24) is 0 Å². The average molecular weight is 721 g/mol. The molecule has 0 aromatic carbocycles. The molecule has 288 valence electrons. The van der Waals surface area contributed by atoms with Crippen LogP contribution in [0.1, 0.15) is 122 Å². The van der Waals surface area contributed by atoms with Gasteiger partial charge in [0, 0.05) is 57.5 Å². The zero-order valence-corrected chi connectivity index (χ0v) is 33.8. The summed E-state index contributed by atoms with van der Waals surface area (Å²) in [6.07, 6.45) is 2.95. The first-order valence-electron chi connectivity index (χ1n) is 17.9. The van der Waals surface area contributed by atoms with Gasteiger partial charge in [0.2, 0.25) is 0 Å². The van der Waals surface area contributed by atoms with Crippen molar-refractivity contribution in [2.24, 2.45) is 17.8 Å². The van der Waals surface area contributed by atoms with Gasteiger partial charge in [-0.25, -0.2) is 0 Å². The number of carboxylic acid groups (broad SMARTS) is 3. The molecule has 0 saturated heterocycles. The summed E-state index contributed by atoms with van der Waals surface area (Å²) >= 11 is 0. The van der Waals surface area contributed by atoms with Gasteiger partial charge in [0.15, 0.2) is 0 Å². The van der Waals surface area contributed by atoms with E-state index in [9.17, 15) is 29.7 Å². The number of carbonyl (C=O) groups is 3. The monoisotopic (exact) mass is 720 g/mol. The van der Waals surface area contributed by atoms with Crippen molar-refractivity contribution in [2.45, 2.75) is 158 Å². The molecular formula is C36H69AlO12. The smallest absolute Gasteiger partial charge is 0.550 e. The van der Waals surface area contributed by atoms with Crippen LogP contribution in [0.2, 0.25) is 0 Å². The van der Waals surface area contributed by atoms with Gasteiger partial charge in [0.1, 0.15) is 0 Å². The van der Waals surface area contributed by atoms with E-state index in [2.05, 4.69) is 0 Å². The Morgan fingerprint density at radius 3 is 0.571 bits per heavy atom. The minimum Gasteiger partial charge on any atom is -0.550 e. The van der Waals surface area contributed by atoms with E-state index in [1.54, 1.807) is 41.5 Å². The Morgan fingerprint density at radius 2 is 0.490 bits per heavy atom. The number of rotatable bonds is 27. The van der Waals surface area contributed by atoms with Crippen molar-refractivity contribution in [3.8, 4) is 0 Å². The number of hydrogen-bond acceptors (Lipinski definition) is 12. The molecule has 0 spiro atoms. The maximum absolute atomic E-state index is 11.0. The summed E-state index contributed by atoms with van der Waals surface area (Å²) in [5.74, 6) is -5.44. The summed E-state index contributed by atoms with van der Waals surface area (Å²) in [6.45, 7) is 25.8. The summed E-state index contributed by atoms with van der Waals surface area (Å²) in [4.78, 5) is 33.1. The van der Waals surface area contributed by atoms with E-state index in [1.165, 1.54) is 0 Å². The largest absolute Gasteiger partial charge is 3.00 e. The Balaban J connectivity index is -0.000000307. The normalized spacial score (nSPS) is 16.4. The van der Waals surface area contributed by atoms with E-state index in [-0.39, 0.29) is 54.0 Å². The van der Waals surface area contributed by atoms with E-state index in [0.29, 0.717) is 39.6 Å². The second-order valence-electron chi connectivity index (χ2n) is 12.0. The van der Waals surface area contributed by atoms with E-state index < -0.39 is 35.7 Å². The quantitative estimate of drug-likeness (QED) is 0.114. The second kappa shape index (κ2) is 35.1. The molecule has 0 radical (unpaired) electrons. The number of carbonyl (C=O) groups excluding carboxylic acids is 3. The van der Waals surface area contributed by atoms with Gasteiger partial charge in [-0.1, -0.05) is 41.5 Å². The average Bonchev–Trinajstić information content (AvgIpc) is 3.02. The van der Waals surface area contributed by atoms with Crippen molar-refractivity contribution in [3.05, 3.63) is 0 Å². The zero-order valence-electron chi connectivity index (χ0n) is 32.7. The molecule has 0 aliphatic carbocycles. The second-order valence-corrected chi connectivity index (χ2v) is 12.0. The predicted octanol–water partition coefficient (Wildman–Crippen LogP) is 2.57. The molecule has 0 aliphatic rings. The molecule has 13 heteroatoms. The number of carboxylic acids is 3. The van der Waals surface area contributed by atoms with Crippen LogP contribution >= 0.6 is 0 Å². The van der Waals surface area contributed by atoms with Gasteiger partial charge in [0.25, 0.3) is 0 Å². The van der Waals surface area contributed by atoms with Crippen molar-refractivity contribution in [2.75, 3.05) is 39.6 Å². The third-order valence-corrected chi connectivity index (χ3v) is 7.36. The molecule has 12 nitrogen and oxygen atoms in total. The molecule has 49 heavy (non-hydrogen) atoms. The van der Waals surface area contributed by atoms with Crippen LogP contribution in [0.15, 0.2) is 0 Å². The molecule has 0 aromatic rings. The standard InChI is InChI=1S/3C12H24O4.Al/c3*1-5-7-15-9(3)11(12(13)14)10(4)16-8-6-2;/h3*9-11H,5-8H2,1-4H3,(H,13,14);/q;;;+3/p-3. The van der Waals surface area contributed by atoms with E-state index in [0.717, 1.165) is 38.5 Å². The van der Waals surface area contributed by atoms with Gasteiger partial charge in [0.05, 0.1) is 54.4 Å². The molecule has 6 atom stereocenters. The third-order valence-electron chi connectivity index (χ3n) is 7.36. The first-order chi connectivity index (χ1) is 22.6. The first-order valence-corrected chi connectivity index (χ1v) is 17.9. The van der Waals surface area contributed by atoms with Crippen LogP contribution in [-0.4, -0.2) is 112 Å². The predicted molar refractivity (Wildman–Crippen MR) is 185 cm³/mol. The van der Waals surface area contributed by atoms with Crippen LogP contribution in [0.5, 0.6) is 0 Å². The van der Waals surface area contributed by atoms with Crippen LogP contribution in [-0.2, 0) is 42.8 Å². The molecule has 0 rings (SSSR count). The molecule has 0 saturated carbocycles. The summed E-state index contributed by atoms with van der Waals surface area (Å²) in [7, 11) is 0. The van der Waals surface area contributed by atoms with Crippen molar-refractivity contribution >= 4 is 35.3 Å². The zero-order chi connectivity index (χ0) is 37.7. The Kier molecular flexibility index (Phi) is 39.0. The Hall–Kier alpha value is -1.30. The molecule has 0 heterocycles. The van der Waals surface area contributed by atoms with Gasteiger partial charge >= 0.3 is 17.4 Å². The van der Waals surface area contributed by atoms with Crippen molar-refractivity contribution in [3.63, 3.8) is 0 Å². The summed E-state index contributed by atoms with van der Waals surface area (Å²) in [5.41, 5.74) is 0. The third kappa shape index (κ3) is 27.1. The molecule has 6 unspecified atom stereocenters. The fourth-order valence-corrected chi connectivity index (χ4v) is 4.74. The summed E-state index contributed by atoms with van der Waals surface area (Å²) in [5, 5.41) is 33.1. The Bertz CT molecular complexity index is 645. The summed E-state index contributed by atoms with van der Waals surface area (Å²) < 4.78 is 32.5. The van der Waals surface area contributed by atoms with Crippen LogP contribution in [0, 0.1) is 17.8 Å². The molecule has 0 aliphatic heterocycles. The molecule has 0 aromatic heterocycles. The molecular weight excluding hydrogens is 651 g/mol. The minimum atomic E-state index is -1.10. The van der Waals surface area contributed by atoms with Gasteiger partial charge in [-0.2, -0.15) is 0 Å². The van der Waals surface area contributed by atoms with E-state index in [4.69, 9.17) is 28.4 Å². The van der Waals surface area contributed by atoms with E-state index >= 15 is 0 Å². The van der Waals surface area contributed by atoms with Crippen molar-refractivity contribution < 1.29 is 58.1 Å². The van der Waals surface area contributed by atoms with Gasteiger partial charge in [-0.3, -0.25) is 0 Å². The van der Waals surface area contributed by atoms with E-state index in [1.807, 2.05) is 41.5 Å². The Morgan fingerprint density at radius 1 is 0.367 bits per heavy atom. The number of hydrogen-bond donors (Lipinski definition) is 0.